The van der Waals surface area contributed by atoms with Gasteiger partial charge in [0.15, 0.2) is 0 Å². The lowest BCUT2D eigenvalue weighted by Crippen LogP contribution is -2.34. The van der Waals surface area contributed by atoms with Crippen molar-refractivity contribution in [3.05, 3.63) is 102 Å². The van der Waals surface area contributed by atoms with Crippen LogP contribution in [0.25, 0.3) is 11.3 Å². The second kappa shape index (κ2) is 11.8. The summed E-state index contributed by atoms with van der Waals surface area (Å²) >= 11 is 0. The van der Waals surface area contributed by atoms with Crippen LogP contribution in [0.4, 0.5) is 4.39 Å². The Labute approximate surface area is 206 Å². The van der Waals surface area contributed by atoms with Crippen molar-refractivity contribution >= 4 is 0 Å². The highest BCUT2D eigenvalue weighted by Gasteiger charge is 2.23. The molecule has 0 radical (unpaired) electrons. The van der Waals surface area contributed by atoms with E-state index in [1.54, 1.807) is 16.8 Å². The van der Waals surface area contributed by atoms with Gasteiger partial charge in [-0.3, -0.25) is 4.90 Å². The maximum Gasteiger partial charge on any atom is 0.222 e. The van der Waals surface area contributed by atoms with Crippen molar-refractivity contribution in [3.63, 3.8) is 0 Å². The van der Waals surface area contributed by atoms with E-state index in [0.29, 0.717) is 31.1 Å². The van der Waals surface area contributed by atoms with Crippen molar-refractivity contribution in [2.24, 2.45) is 7.05 Å². The summed E-state index contributed by atoms with van der Waals surface area (Å²) in [6.45, 7) is 4.00. The Hall–Kier alpha value is -3.48. The highest BCUT2D eigenvalue weighted by atomic mass is 19.1. The molecule has 182 valence electrons. The third kappa shape index (κ3) is 6.56. The van der Waals surface area contributed by atoms with Crippen LogP contribution in [0.5, 0.6) is 11.6 Å². The fourth-order valence-electron chi connectivity index (χ4n) is 4.32. The summed E-state index contributed by atoms with van der Waals surface area (Å²) in [6, 6.07) is 26.1. The molecule has 0 saturated carbocycles. The predicted octanol–water partition coefficient (Wildman–Crippen LogP) is 5.83. The number of aliphatic hydroxyl groups is 1. The Bertz CT molecular complexity index is 1210. The molecule has 0 amide bonds. The maximum absolute atomic E-state index is 13.8. The molecular formula is C29H32FN3O2. The van der Waals surface area contributed by atoms with Crippen molar-refractivity contribution in [2.75, 3.05) is 13.1 Å². The topological polar surface area (TPSA) is 50.5 Å². The van der Waals surface area contributed by atoms with E-state index >= 15 is 0 Å². The van der Waals surface area contributed by atoms with Crippen LogP contribution in [0.1, 0.15) is 24.5 Å². The summed E-state index contributed by atoms with van der Waals surface area (Å²) in [7, 11) is 1.83. The van der Waals surface area contributed by atoms with Crippen LogP contribution in [-0.4, -0.2) is 39.0 Å². The Morgan fingerprint density at radius 1 is 1.00 bits per heavy atom. The number of benzene rings is 3. The first-order chi connectivity index (χ1) is 17.0. The number of rotatable bonds is 11. The minimum absolute atomic E-state index is 0.355. The van der Waals surface area contributed by atoms with Crippen molar-refractivity contribution in [3.8, 4) is 22.9 Å². The van der Waals surface area contributed by atoms with Crippen LogP contribution >= 0.6 is 0 Å². The molecule has 0 saturated heterocycles. The summed E-state index contributed by atoms with van der Waals surface area (Å²) in [5.74, 6) is 0.624. The number of ether oxygens (including phenoxy) is 1. The van der Waals surface area contributed by atoms with Gasteiger partial charge in [0.1, 0.15) is 17.3 Å². The standard InChI is InChI=1S/C29H32FN3O2/c1-3-17-33(20-25(34)18-22-11-6-4-7-12-22)21-27-28(23-13-8-5-9-14-23)31-32(2)29(27)35-26-16-10-15-24(30)19-26/h4-16,19,25,34H,3,17-18,20-21H2,1-2H3. The molecule has 1 heterocycles. The lowest BCUT2D eigenvalue weighted by molar-refractivity contribution is 0.108. The van der Waals surface area contributed by atoms with Crippen LogP contribution in [0.2, 0.25) is 0 Å². The molecule has 0 aliphatic heterocycles. The van der Waals surface area contributed by atoms with E-state index in [9.17, 15) is 9.50 Å². The lowest BCUT2D eigenvalue weighted by atomic mass is 10.1. The van der Waals surface area contributed by atoms with Gasteiger partial charge in [-0.05, 0) is 37.1 Å². The van der Waals surface area contributed by atoms with Crippen molar-refractivity contribution in [1.82, 2.24) is 14.7 Å². The molecule has 1 unspecified atom stereocenters. The van der Waals surface area contributed by atoms with Crippen LogP contribution < -0.4 is 4.74 Å². The quantitative estimate of drug-likeness (QED) is 0.298. The largest absolute Gasteiger partial charge is 0.439 e. The van der Waals surface area contributed by atoms with Crippen molar-refractivity contribution in [1.29, 1.82) is 0 Å². The van der Waals surface area contributed by atoms with Gasteiger partial charge in [-0.25, -0.2) is 9.07 Å². The summed E-state index contributed by atoms with van der Waals surface area (Å²) in [4.78, 5) is 2.23. The predicted molar refractivity (Wildman–Crippen MR) is 137 cm³/mol. The number of aromatic nitrogens is 2. The van der Waals surface area contributed by atoms with Gasteiger partial charge >= 0.3 is 0 Å². The maximum atomic E-state index is 13.8. The van der Waals surface area contributed by atoms with Crippen LogP contribution in [-0.2, 0) is 20.0 Å². The van der Waals surface area contributed by atoms with Gasteiger partial charge in [-0.1, -0.05) is 73.7 Å². The van der Waals surface area contributed by atoms with Gasteiger partial charge in [0.2, 0.25) is 5.88 Å². The molecule has 35 heavy (non-hydrogen) atoms. The monoisotopic (exact) mass is 473 g/mol. The number of hydrogen-bond donors (Lipinski definition) is 1. The number of nitrogens with zero attached hydrogens (tertiary/aromatic N) is 3. The van der Waals surface area contributed by atoms with Gasteiger partial charge in [-0.2, -0.15) is 5.10 Å². The molecule has 0 bridgehead atoms. The van der Waals surface area contributed by atoms with Gasteiger partial charge in [-0.15, -0.1) is 0 Å². The number of halogens is 1. The fraction of sp³-hybridized carbons (Fsp3) is 0.276. The first-order valence-electron chi connectivity index (χ1n) is 12.0. The van der Waals surface area contributed by atoms with E-state index in [1.165, 1.54) is 12.1 Å². The van der Waals surface area contributed by atoms with Crippen LogP contribution in [0.15, 0.2) is 84.9 Å². The highest BCUT2D eigenvalue weighted by Crippen LogP contribution is 2.34. The third-order valence-electron chi connectivity index (χ3n) is 5.85. The van der Waals surface area contributed by atoms with E-state index in [4.69, 9.17) is 9.84 Å². The van der Waals surface area contributed by atoms with Crippen molar-refractivity contribution < 1.29 is 14.2 Å². The second-order valence-corrected chi connectivity index (χ2v) is 8.76. The molecule has 1 N–H and O–H groups in total. The molecule has 1 aromatic heterocycles. The molecule has 0 spiro atoms. The van der Waals surface area contributed by atoms with E-state index in [0.717, 1.165) is 35.3 Å². The van der Waals surface area contributed by atoms with Crippen molar-refractivity contribution in [2.45, 2.75) is 32.4 Å². The fourth-order valence-corrected chi connectivity index (χ4v) is 4.32. The molecule has 5 nitrogen and oxygen atoms in total. The third-order valence-corrected chi connectivity index (χ3v) is 5.85. The Morgan fingerprint density at radius 3 is 2.40 bits per heavy atom. The smallest absolute Gasteiger partial charge is 0.222 e. The average molecular weight is 474 g/mol. The SMILES string of the molecule is CCCN(Cc1c(-c2ccccc2)nn(C)c1Oc1cccc(F)c1)CC(O)Cc1ccccc1. The molecule has 0 aliphatic rings. The van der Waals surface area contributed by atoms with Crippen LogP contribution in [0.3, 0.4) is 0 Å². The van der Waals surface area contributed by atoms with Gasteiger partial charge in [0.05, 0.1) is 11.7 Å². The molecule has 1 atom stereocenters. The Kier molecular flexibility index (Phi) is 8.29. The summed E-state index contributed by atoms with van der Waals surface area (Å²) in [6.07, 6.45) is 1.03. The molecular weight excluding hydrogens is 441 g/mol. The molecule has 4 rings (SSSR count). The average Bonchev–Trinajstić information content (AvgIpc) is 3.15. The first kappa shape index (κ1) is 24.6. The van der Waals surface area contributed by atoms with Gasteiger partial charge < -0.3 is 9.84 Å². The molecule has 6 heteroatoms. The Morgan fingerprint density at radius 2 is 1.71 bits per heavy atom. The minimum atomic E-state index is -0.506. The molecule has 0 aliphatic carbocycles. The summed E-state index contributed by atoms with van der Waals surface area (Å²) in [5, 5.41) is 15.6. The van der Waals surface area contributed by atoms with Crippen LogP contribution in [0, 0.1) is 5.82 Å². The van der Waals surface area contributed by atoms with Gasteiger partial charge in [0.25, 0.3) is 0 Å². The van der Waals surface area contributed by atoms with Gasteiger partial charge in [0, 0.05) is 31.8 Å². The van der Waals surface area contributed by atoms with E-state index in [2.05, 4.69) is 11.8 Å². The zero-order chi connectivity index (χ0) is 24.6. The first-order valence-corrected chi connectivity index (χ1v) is 12.0. The Balaban J connectivity index is 1.64. The zero-order valence-corrected chi connectivity index (χ0v) is 20.3. The minimum Gasteiger partial charge on any atom is -0.439 e. The second-order valence-electron chi connectivity index (χ2n) is 8.76. The zero-order valence-electron chi connectivity index (χ0n) is 20.3. The summed E-state index contributed by atoms with van der Waals surface area (Å²) in [5.41, 5.74) is 3.81. The van der Waals surface area contributed by atoms with E-state index in [1.807, 2.05) is 67.7 Å². The molecule has 4 aromatic rings. The summed E-state index contributed by atoms with van der Waals surface area (Å²) < 4.78 is 21.7. The number of aryl methyl sites for hydroxylation is 1. The molecule has 3 aromatic carbocycles. The lowest BCUT2D eigenvalue weighted by Gasteiger charge is -2.25. The normalized spacial score (nSPS) is 12.1. The molecule has 0 fully saturated rings. The van der Waals surface area contributed by atoms with E-state index in [-0.39, 0.29) is 5.82 Å². The highest BCUT2D eigenvalue weighted by molar-refractivity contribution is 5.65. The van der Waals surface area contributed by atoms with E-state index < -0.39 is 6.10 Å². The number of aliphatic hydroxyl groups excluding tert-OH is 1. The number of hydrogen-bond acceptors (Lipinski definition) is 4.